The lowest BCUT2D eigenvalue weighted by Crippen LogP contribution is -2.31. The summed E-state index contributed by atoms with van der Waals surface area (Å²) < 4.78 is 1.62. The van der Waals surface area contributed by atoms with Crippen LogP contribution in [0.15, 0.2) is 64.5 Å². The van der Waals surface area contributed by atoms with Crippen LogP contribution in [0, 0.1) is 6.92 Å². The Kier molecular flexibility index (Phi) is 7.69. The molecule has 1 aromatic heterocycles. The Morgan fingerprint density at radius 2 is 1.84 bits per heavy atom. The molecule has 31 heavy (non-hydrogen) atoms. The lowest BCUT2D eigenvalue weighted by molar-refractivity contribution is 0.0939. The number of carbonyl (C=O) groups is 1. The van der Waals surface area contributed by atoms with E-state index >= 15 is 0 Å². The smallest absolute Gasteiger partial charge is 0.257 e. The number of thioether (sulfide) groups is 1. The molecule has 1 heterocycles. The van der Waals surface area contributed by atoms with Crippen LogP contribution in [-0.2, 0) is 19.2 Å². The molecule has 0 aliphatic heterocycles. The molecule has 3 rings (SSSR count). The Morgan fingerprint density at radius 3 is 2.55 bits per heavy atom. The number of nitrogens with zero attached hydrogens (tertiary/aromatic N) is 2. The monoisotopic (exact) mass is 435 g/mol. The van der Waals surface area contributed by atoms with Crippen LogP contribution in [0.4, 0.5) is 0 Å². The fourth-order valence-corrected chi connectivity index (χ4v) is 4.18. The van der Waals surface area contributed by atoms with Gasteiger partial charge in [-0.05, 0) is 43.5 Å². The van der Waals surface area contributed by atoms with Gasteiger partial charge in [-0.15, -0.1) is 0 Å². The predicted molar refractivity (Wildman–Crippen MR) is 127 cm³/mol. The predicted octanol–water partition coefficient (Wildman–Crippen LogP) is 4.50. The van der Waals surface area contributed by atoms with Crippen LogP contribution in [0.3, 0.4) is 0 Å². The summed E-state index contributed by atoms with van der Waals surface area (Å²) in [5.41, 5.74) is 4.23. The molecule has 1 unspecified atom stereocenters. The van der Waals surface area contributed by atoms with E-state index < -0.39 is 0 Å². The molecule has 3 aromatic rings. The van der Waals surface area contributed by atoms with Crippen LogP contribution < -0.4 is 10.9 Å². The normalized spacial score (nSPS) is 11.9. The maximum Gasteiger partial charge on any atom is 0.257 e. The summed E-state index contributed by atoms with van der Waals surface area (Å²) in [7, 11) is 1.77. The third kappa shape index (κ3) is 5.85. The minimum absolute atomic E-state index is 0.0134. The van der Waals surface area contributed by atoms with Crippen molar-refractivity contribution in [1.29, 1.82) is 0 Å². The summed E-state index contributed by atoms with van der Waals surface area (Å²) in [6.45, 7) is 5.93. The fourth-order valence-electron chi connectivity index (χ4n) is 3.22. The first-order valence-corrected chi connectivity index (χ1v) is 11.5. The SMILES string of the molecule is CCC(C)NC(=O)c1cccc(CSc2nc(C)c(Cc3ccccc3)c(=O)n2C)c1. The highest BCUT2D eigenvalue weighted by molar-refractivity contribution is 7.98. The van der Waals surface area contributed by atoms with E-state index in [0.29, 0.717) is 22.9 Å². The Labute approximate surface area is 187 Å². The van der Waals surface area contributed by atoms with Gasteiger partial charge in [0.25, 0.3) is 11.5 Å². The maximum absolute atomic E-state index is 13.0. The van der Waals surface area contributed by atoms with Crippen molar-refractivity contribution >= 4 is 17.7 Å². The Morgan fingerprint density at radius 1 is 1.13 bits per heavy atom. The van der Waals surface area contributed by atoms with Crippen molar-refractivity contribution in [3.05, 3.63) is 92.9 Å². The second-order valence-electron chi connectivity index (χ2n) is 7.76. The van der Waals surface area contributed by atoms with Crippen molar-refractivity contribution in [2.75, 3.05) is 0 Å². The van der Waals surface area contributed by atoms with Gasteiger partial charge in [0.2, 0.25) is 0 Å². The van der Waals surface area contributed by atoms with E-state index in [2.05, 4.69) is 5.32 Å². The molecule has 0 saturated heterocycles. The van der Waals surface area contributed by atoms with Crippen LogP contribution in [0.25, 0.3) is 0 Å². The highest BCUT2D eigenvalue weighted by Crippen LogP contribution is 2.22. The molecule has 0 bridgehead atoms. The van der Waals surface area contributed by atoms with E-state index in [9.17, 15) is 9.59 Å². The molecule has 0 fully saturated rings. The van der Waals surface area contributed by atoms with Gasteiger partial charge in [0.1, 0.15) is 0 Å². The van der Waals surface area contributed by atoms with Gasteiger partial charge >= 0.3 is 0 Å². The molecule has 6 heteroatoms. The largest absolute Gasteiger partial charge is 0.350 e. The maximum atomic E-state index is 13.0. The molecule has 0 spiro atoms. The summed E-state index contributed by atoms with van der Waals surface area (Å²) in [5.74, 6) is 0.565. The average Bonchev–Trinajstić information content (AvgIpc) is 2.79. The molecular weight excluding hydrogens is 406 g/mol. The quantitative estimate of drug-likeness (QED) is 0.418. The van der Waals surface area contributed by atoms with Crippen LogP contribution in [-0.4, -0.2) is 21.5 Å². The van der Waals surface area contributed by atoms with Gasteiger partial charge in [0.15, 0.2) is 5.16 Å². The van der Waals surface area contributed by atoms with Crippen LogP contribution in [0.1, 0.15) is 53.0 Å². The highest BCUT2D eigenvalue weighted by atomic mass is 32.2. The molecule has 5 nitrogen and oxygen atoms in total. The topological polar surface area (TPSA) is 64.0 Å². The number of carbonyl (C=O) groups excluding carboxylic acids is 1. The number of aryl methyl sites for hydroxylation is 1. The van der Waals surface area contributed by atoms with Gasteiger partial charge in [0, 0.05) is 42.1 Å². The number of aromatic nitrogens is 2. The Bertz CT molecular complexity index is 1110. The number of hydrogen-bond acceptors (Lipinski definition) is 4. The van der Waals surface area contributed by atoms with Crippen LogP contribution in [0.5, 0.6) is 0 Å². The Hall–Kier alpha value is -2.86. The highest BCUT2D eigenvalue weighted by Gasteiger charge is 2.14. The van der Waals surface area contributed by atoms with Crippen molar-refractivity contribution in [1.82, 2.24) is 14.9 Å². The standard InChI is InChI=1S/C25H29N3O2S/c1-5-17(2)26-23(29)21-13-9-12-20(14-21)16-31-25-27-18(3)22(24(30)28(25)4)15-19-10-7-6-8-11-19/h6-14,17H,5,15-16H2,1-4H3,(H,26,29). The third-order valence-corrected chi connectivity index (χ3v) is 6.42. The Balaban J connectivity index is 1.74. The third-order valence-electron chi connectivity index (χ3n) is 5.32. The molecule has 1 N–H and O–H groups in total. The lowest BCUT2D eigenvalue weighted by atomic mass is 10.1. The zero-order valence-electron chi connectivity index (χ0n) is 18.5. The van der Waals surface area contributed by atoms with E-state index in [1.807, 2.05) is 75.4 Å². The van der Waals surface area contributed by atoms with E-state index in [0.717, 1.165) is 28.8 Å². The summed E-state index contributed by atoms with van der Waals surface area (Å²) in [4.78, 5) is 30.1. The average molecular weight is 436 g/mol. The minimum atomic E-state index is -0.0622. The molecule has 2 aromatic carbocycles. The summed E-state index contributed by atoms with van der Waals surface area (Å²) in [6, 6.07) is 17.7. The molecule has 0 aliphatic carbocycles. The van der Waals surface area contributed by atoms with Crippen molar-refractivity contribution in [2.24, 2.45) is 7.05 Å². The number of benzene rings is 2. The van der Waals surface area contributed by atoms with E-state index in [1.165, 1.54) is 11.8 Å². The van der Waals surface area contributed by atoms with Crippen LogP contribution in [0.2, 0.25) is 0 Å². The van der Waals surface area contributed by atoms with E-state index in [-0.39, 0.29) is 17.5 Å². The summed E-state index contributed by atoms with van der Waals surface area (Å²) in [5, 5.41) is 3.67. The molecular formula is C25H29N3O2S. The molecule has 0 aliphatic rings. The number of rotatable bonds is 8. The fraction of sp³-hybridized carbons (Fsp3) is 0.320. The first kappa shape index (κ1) is 22.8. The summed E-state index contributed by atoms with van der Waals surface area (Å²) in [6.07, 6.45) is 1.46. The molecule has 0 saturated carbocycles. The first-order valence-electron chi connectivity index (χ1n) is 10.5. The first-order chi connectivity index (χ1) is 14.9. The number of amides is 1. The molecule has 0 radical (unpaired) electrons. The van der Waals surface area contributed by atoms with Gasteiger partial charge in [-0.2, -0.15) is 0 Å². The zero-order valence-corrected chi connectivity index (χ0v) is 19.3. The lowest BCUT2D eigenvalue weighted by Gasteiger charge is -2.13. The number of hydrogen-bond donors (Lipinski definition) is 1. The minimum Gasteiger partial charge on any atom is -0.350 e. The molecule has 1 atom stereocenters. The molecule has 162 valence electrons. The summed E-state index contributed by atoms with van der Waals surface area (Å²) >= 11 is 1.50. The second kappa shape index (κ2) is 10.4. The van der Waals surface area contributed by atoms with Crippen molar-refractivity contribution in [3.8, 4) is 0 Å². The van der Waals surface area contributed by atoms with Crippen molar-refractivity contribution < 1.29 is 4.79 Å². The van der Waals surface area contributed by atoms with E-state index in [4.69, 9.17) is 4.98 Å². The van der Waals surface area contributed by atoms with Gasteiger partial charge in [0.05, 0.1) is 0 Å². The van der Waals surface area contributed by atoms with Crippen LogP contribution >= 0.6 is 11.8 Å². The number of nitrogens with one attached hydrogen (secondary N) is 1. The van der Waals surface area contributed by atoms with Gasteiger partial charge in [-0.3, -0.25) is 14.2 Å². The zero-order chi connectivity index (χ0) is 22.4. The van der Waals surface area contributed by atoms with Crippen molar-refractivity contribution in [2.45, 2.75) is 50.6 Å². The second-order valence-corrected chi connectivity index (χ2v) is 8.70. The van der Waals surface area contributed by atoms with Crippen molar-refractivity contribution in [3.63, 3.8) is 0 Å². The molecule has 1 amide bonds. The van der Waals surface area contributed by atoms with Gasteiger partial charge < -0.3 is 5.32 Å². The van der Waals surface area contributed by atoms with Gasteiger partial charge in [-0.1, -0.05) is 61.2 Å². The van der Waals surface area contributed by atoms with Gasteiger partial charge in [-0.25, -0.2) is 4.98 Å². The van der Waals surface area contributed by atoms with E-state index in [1.54, 1.807) is 11.6 Å².